The van der Waals surface area contributed by atoms with Gasteiger partial charge in [0.05, 0.1) is 6.26 Å². The van der Waals surface area contributed by atoms with Crippen LogP contribution in [0.4, 0.5) is 4.39 Å². The van der Waals surface area contributed by atoms with Crippen LogP contribution in [0.1, 0.15) is 5.56 Å². The van der Waals surface area contributed by atoms with Crippen molar-refractivity contribution >= 4 is 21.8 Å². The zero-order valence-corrected chi connectivity index (χ0v) is 17.6. The molecule has 1 aliphatic rings. The molecule has 0 saturated carbocycles. The van der Waals surface area contributed by atoms with Gasteiger partial charge in [-0.3, -0.25) is 4.79 Å². The molecule has 1 amide bonds. The van der Waals surface area contributed by atoms with Crippen LogP contribution in [0, 0.1) is 5.82 Å². The van der Waals surface area contributed by atoms with Crippen LogP contribution >= 0.6 is 0 Å². The lowest BCUT2D eigenvalue weighted by Gasteiger charge is -2.32. The summed E-state index contributed by atoms with van der Waals surface area (Å²) in [5.74, 6) is 0.0608. The van der Waals surface area contributed by atoms with Gasteiger partial charge in [0.25, 0.3) is 5.91 Å². The van der Waals surface area contributed by atoms with Crippen LogP contribution in [0.25, 0.3) is 0 Å². The Morgan fingerprint density at radius 2 is 1.84 bits per heavy atom. The second-order valence-electron chi connectivity index (χ2n) is 6.73. The molecule has 0 spiro atoms. The van der Waals surface area contributed by atoms with E-state index in [1.165, 1.54) is 39.7 Å². The molecule has 0 bridgehead atoms. The van der Waals surface area contributed by atoms with Crippen LogP contribution in [0.5, 0.6) is 11.6 Å². The summed E-state index contributed by atoms with van der Waals surface area (Å²) in [5, 5.41) is 3.72. The minimum absolute atomic E-state index is 0.0236. The summed E-state index contributed by atoms with van der Waals surface area (Å²) >= 11 is 0. The number of oxime groups is 1. The van der Waals surface area contributed by atoms with Crippen LogP contribution in [0.15, 0.2) is 47.8 Å². The third-order valence-electron chi connectivity index (χ3n) is 4.48. The van der Waals surface area contributed by atoms with E-state index in [-0.39, 0.29) is 56.2 Å². The van der Waals surface area contributed by atoms with Crippen molar-refractivity contribution in [3.05, 3.63) is 54.0 Å². The molecule has 31 heavy (non-hydrogen) atoms. The van der Waals surface area contributed by atoms with Crippen LogP contribution in [0.3, 0.4) is 0 Å². The van der Waals surface area contributed by atoms with Gasteiger partial charge in [0.15, 0.2) is 12.4 Å². The van der Waals surface area contributed by atoms with Crippen LogP contribution < -0.4 is 10.5 Å². The first-order valence-corrected chi connectivity index (χ1v) is 11.2. The number of amides is 1. The van der Waals surface area contributed by atoms with Crippen molar-refractivity contribution < 1.29 is 27.2 Å². The minimum atomic E-state index is -3.26. The number of carbonyl (C=O) groups excluding carboxylic acids is 1. The van der Waals surface area contributed by atoms with Gasteiger partial charge in [-0.15, -0.1) is 0 Å². The molecule has 3 rings (SSSR count). The van der Waals surface area contributed by atoms with E-state index >= 15 is 0 Å². The highest BCUT2D eigenvalue weighted by Crippen LogP contribution is 2.19. The van der Waals surface area contributed by atoms with E-state index in [2.05, 4.69) is 10.1 Å². The fourth-order valence-electron chi connectivity index (χ4n) is 2.79. The van der Waals surface area contributed by atoms with Crippen LogP contribution in [-0.2, 0) is 19.7 Å². The number of benzene rings is 1. The molecule has 0 unspecified atom stereocenters. The van der Waals surface area contributed by atoms with Gasteiger partial charge in [-0.2, -0.15) is 4.31 Å². The molecule has 12 heteroatoms. The summed E-state index contributed by atoms with van der Waals surface area (Å²) < 4.78 is 42.8. The number of piperazine rings is 1. The van der Waals surface area contributed by atoms with E-state index in [1.54, 1.807) is 12.1 Å². The maximum Gasteiger partial charge on any atom is 0.263 e. The number of sulfonamides is 1. The Labute approximate surface area is 179 Å². The predicted octanol–water partition coefficient (Wildman–Crippen LogP) is 0.754. The highest BCUT2D eigenvalue weighted by molar-refractivity contribution is 7.88. The Morgan fingerprint density at radius 1 is 1.16 bits per heavy atom. The summed E-state index contributed by atoms with van der Waals surface area (Å²) in [6.45, 7) is 0.739. The number of ether oxygens (including phenoxy) is 1. The minimum Gasteiger partial charge on any atom is -0.439 e. The van der Waals surface area contributed by atoms with Crippen LogP contribution in [0.2, 0.25) is 0 Å². The zero-order chi connectivity index (χ0) is 22.4. The average molecular weight is 451 g/mol. The number of amidine groups is 1. The second-order valence-corrected chi connectivity index (χ2v) is 8.72. The van der Waals surface area contributed by atoms with Gasteiger partial charge < -0.3 is 20.2 Å². The first-order chi connectivity index (χ1) is 14.7. The van der Waals surface area contributed by atoms with Crippen molar-refractivity contribution in [1.82, 2.24) is 14.2 Å². The Balaban J connectivity index is 1.48. The van der Waals surface area contributed by atoms with Crippen molar-refractivity contribution in [2.24, 2.45) is 10.9 Å². The Hall–Kier alpha value is -3.25. The van der Waals surface area contributed by atoms with Gasteiger partial charge in [-0.05, 0) is 30.3 Å². The number of hydrogen-bond acceptors (Lipinski definition) is 7. The van der Waals surface area contributed by atoms with Gasteiger partial charge in [0, 0.05) is 44.0 Å². The zero-order valence-electron chi connectivity index (χ0n) is 16.8. The first-order valence-electron chi connectivity index (χ1n) is 9.30. The summed E-state index contributed by atoms with van der Waals surface area (Å²) in [4.78, 5) is 22.8. The molecule has 0 radical (unpaired) electrons. The smallest absolute Gasteiger partial charge is 0.263 e. The molecule has 1 aliphatic heterocycles. The van der Waals surface area contributed by atoms with E-state index in [0.29, 0.717) is 11.3 Å². The van der Waals surface area contributed by atoms with Gasteiger partial charge in [-0.25, -0.2) is 17.8 Å². The quantitative estimate of drug-likeness (QED) is 0.374. The topological polar surface area (TPSA) is 127 Å². The first kappa shape index (κ1) is 22.4. The summed E-state index contributed by atoms with van der Waals surface area (Å²) in [7, 11) is -3.26. The number of halogens is 1. The van der Waals surface area contributed by atoms with Crippen molar-refractivity contribution in [3.63, 3.8) is 0 Å². The number of carbonyl (C=O) groups is 1. The molecule has 0 atom stereocenters. The third-order valence-corrected chi connectivity index (χ3v) is 5.78. The standard InChI is InChI=1S/C19H22FN5O5S/c1-31(27,28)25-10-8-24(9-11-25)18(26)13-29-23-19(21)14-2-7-17(22-12-14)30-16-5-3-15(20)4-6-16/h2-7,12H,8-11,13H2,1H3,(H2,21,23). The molecule has 2 N–H and O–H groups in total. The van der Waals surface area contributed by atoms with Crippen molar-refractivity contribution in [3.8, 4) is 11.6 Å². The maximum absolute atomic E-state index is 12.9. The highest BCUT2D eigenvalue weighted by atomic mass is 32.2. The van der Waals surface area contributed by atoms with Gasteiger partial charge in [0.2, 0.25) is 15.9 Å². The average Bonchev–Trinajstić information content (AvgIpc) is 2.75. The van der Waals surface area contributed by atoms with E-state index in [0.717, 1.165) is 6.26 Å². The SMILES string of the molecule is CS(=O)(=O)N1CCN(C(=O)CO/N=C(/N)c2ccc(Oc3ccc(F)cc3)nc2)CC1. The lowest BCUT2D eigenvalue weighted by atomic mass is 10.3. The van der Waals surface area contributed by atoms with Gasteiger partial charge in [-0.1, -0.05) is 5.16 Å². The third kappa shape index (κ3) is 6.36. The molecular weight excluding hydrogens is 429 g/mol. The van der Waals surface area contributed by atoms with E-state index in [9.17, 15) is 17.6 Å². The molecule has 1 fully saturated rings. The van der Waals surface area contributed by atoms with Crippen molar-refractivity contribution in [2.75, 3.05) is 39.0 Å². The Kier molecular flexibility index (Phi) is 7.02. The van der Waals surface area contributed by atoms with Crippen molar-refractivity contribution in [1.29, 1.82) is 0 Å². The summed E-state index contributed by atoms with van der Waals surface area (Å²) in [6, 6.07) is 8.68. The molecule has 166 valence electrons. The highest BCUT2D eigenvalue weighted by Gasteiger charge is 2.26. The Morgan fingerprint density at radius 3 is 2.42 bits per heavy atom. The number of pyridine rings is 1. The number of nitrogens with zero attached hydrogens (tertiary/aromatic N) is 4. The lowest BCUT2D eigenvalue weighted by molar-refractivity contribution is -0.137. The lowest BCUT2D eigenvalue weighted by Crippen LogP contribution is -2.51. The summed E-state index contributed by atoms with van der Waals surface area (Å²) in [5.41, 5.74) is 6.31. The number of hydrogen-bond donors (Lipinski definition) is 1. The molecule has 2 heterocycles. The van der Waals surface area contributed by atoms with E-state index < -0.39 is 10.0 Å². The molecule has 10 nitrogen and oxygen atoms in total. The monoisotopic (exact) mass is 451 g/mol. The largest absolute Gasteiger partial charge is 0.439 e. The van der Waals surface area contributed by atoms with E-state index in [4.69, 9.17) is 15.3 Å². The number of rotatable bonds is 7. The maximum atomic E-state index is 12.9. The molecule has 1 aromatic carbocycles. The summed E-state index contributed by atoms with van der Waals surface area (Å²) in [6.07, 6.45) is 2.56. The van der Waals surface area contributed by atoms with Crippen LogP contribution in [-0.4, -0.2) is 73.4 Å². The molecule has 2 aromatic rings. The molecule has 0 aliphatic carbocycles. The fraction of sp³-hybridized carbons (Fsp3) is 0.316. The second kappa shape index (κ2) is 9.71. The predicted molar refractivity (Wildman–Crippen MR) is 110 cm³/mol. The molecule has 1 saturated heterocycles. The van der Waals surface area contributed by atoms with Gasteiger partial charge >= 0.3 is 0 Å². The van der Waals surface area contributed by atoms with Crippen molar-refractivity contribution in [2.45, 2.75) is 0 Å². The van der Waals surface area contributed by atoms with Gasteiger partial charge in [0.1, 0.15) is 11.6 Å². The normalized spacial score (nSPS) is 15.5. The Bertz CT molecular complexity index is 1040. The number of aromatic nitrogens is 1. The van der Waals surface area contributed by atoms with E-state index in [1.807, 2.05) is 0 Å². The molecule has 1 aromatic heterocycles. The molecular formula is C19H22FN5O5S. The number of nitrogens with two attached hydrogens (primary N) is 1. The fourth-order valence-corrected chi connectivity index (χ4v) is 3.61.